The van der Waals surface area contributed by atoms with E-state index < -0.39 is 6.04 Å². The van der Waals surface area contributed by atoms with Crippen LogP contribution in [0.2, 0.25) is 0 Å². The first-order valence-corrected chi connectivity index (χ1v) is 13.9. The van der Waals surface area contributed by atoms with E-state index in [0.29, 0.717) is 19.0 Å². The molecule has 7 heteroatoms. The van der Waals surface area contributed by atoms with E-state index in [1.807, 2.05) is 54.4 Å². The highest BCUT2D eigenvalue weighted by Gasteiger charge is 2.32. The van der Waals surface area contributed by atoms with Crippen molar-refractivity contribution in [1.29, 1.82) is 0 Å². The van der Waals surface area contributed by atoms with Gasteiger partial charge in [-0.05, 0) is 59.2 Å². The van der Waals surface area contributed by atoms with Crippen molar-refractivity contribution in [2.45, 2.75) is 50.7 Å². The number of para-hydroxylation sites is 1. The molecule has 1 saturated heterocycles. The maximum atomic E-state index is 13.8. The van der Waals surface area contributed by atoms with Crippen LogP contribution in [0.3, 0.4) is 0 Å². The number of hydrogen-bond donors (Lipinski definition) is 4. The van der Waals surface area contributed by atoms with Crippen LogP contribution in [0.25, 0.3) is 10.9 Å². The molecule has 2 atom stereocenters. The first kappa shape index (κ1) is 25.2. The molecule has 1 aromatic heterocycles. The monoisotopic (exact) mass is 521 g/mol. The molecule has 0 saturated carbocycles. The van der Waals surface area contributed by atoms with Gasteiger partial charge in [0.25, 0.3) is 0 Å². The zero-order valence-corrected chi connectivity index (χ0v) is 22.2. The van der Waals surface area contributed by atoms with Gasteiger partial charge in [0.1, 0.15) is 6.04 Å². The van der Waals surface area contributed by atoms with E-state index in [0.717, 1.165) is 48.1 Å². The zero-order chi connectivity index (χ0) is 26.8. The van der Waals surface area contributed by atoms with Crippen molar-refractivity contribution < 1.29 is 9.59 Å². The number of urea groups is 1. The van der Waals surface area contributed by atoms with Gasteiger partial charge in [-0.1, -0.05) is 61.5 Å². The number of aromatic amines is 1. The lowest BCUT2D eigenvalue weighted by atomic mass is 9.89. The van der Waals surface area contributed by atoms with E-state index in [1.165, 1.54) is 16.7 Å². The fraction of sp³-hybridized carbons (Fsp3) is 0.312. The largest absolute Gasteiger partial charge is 0.361 e. The minimum Gasteiger partial charge on any atom is -0.361 e. The van der Waals surface area contributed by atoms with Crippen LogP contribution in [-0.2, 0) is 17.9 Å². The number of carbonyl (C=O) groups is 2. The molecule has 1 fully saturated rings. The Hall–Kier alpha value is -4.10. The van der Waals surface area contributed by atoms with E-state index in [9.17, 15) is 9.59 Å². The summed E-state index contributed by atoms with van der Waals surface area (Å²) in [5.41, 5.74) is 6.54. The Balaban J connectivity index is 1.20. The van der Waals surface area contributed by atoms with Crippen molar-refractivity contribution >= 4 is 28.5 Å². The molecule has 0 radical (unpaired) electrons. The number of rotatable bonds is 6. The second-order valence-electron chi connectivity index (χ2n) is 10.8. The SMILES string of the molecule is C[C@@H](c1c[nH]c2ccccc12)[C@@H](NC(=O)N1CCC(c2ccccc2)CC1)C(=O)Nc1ccc2c(c1)CNC2. The highest BCUT2D eigenvalue weighted by molar-refractivity contribution is 5.98. The molecule has 2 aliphatic heterocycles. The van der Waals surface area contributed by atoms with Gasteiger partial charge in [0.15, 0.2) is 0 Å². The van der Waals surface area contributed by atoms with E-state index >= 15 is 0 Å². The standard InChI is InChI=1S/C32H35N5O2/c1-21(28-20-34-29-10-6-5-9-27(28)29)30(31(38)35-26-12-11-24-18-33-19-25(24)17-26)36-32(39)37-15-13-23(14-16-37)22-7-3-2-4-8-22/h2-12,17,20-21,23,30,33-34H,13-16,18-19H2,1H3,(H,35,38)(H,36,39)/t21-,30+/m0/s1. The summed E-state index contributed by atoms with van der Waals surface area (Å²) in [5.74, 6) is -0.0111. The van der Waals surface area contributed by atoms with Gasteiger partial charge in [0.05, 0.1) is 0 Å². The molecule has 0 aliphatic carbocycles. The number of anilines is 1. The number of fused-ring (bicyclic) bond motifs is 2. The van der Waals surface area contributed by atoms with Crippen LogP contribution in [-0.4, -0.2) is 41.0 Å². The second kappa shape index (κ2) is 10.9. The lowest BCUT2D eigenvalue weighted by molar-refractivity contribution is -0.118. The third-order valence-electron chi connectivity index (χ3n) is 8.33. The first-order valence-electron chi connectivity index (χ1n) is 13.9. The Morgan fingerprint density at radius 3 is 2.49 bits per heavy atom. The zero-order valence-electron chi connectivity index (χ0n) is 22.2. The van der Waals surface area contributed by atoms with Gasteiger partial charge in [-0.3, -0.25) is 4.79 Å². The van der Waals surface area contributed by atoms with E-state index in [-0.39, 0.29) is 17.9 Å². The molecule has 0 spiro atoms. The number of benzene rings is 3. The fourth-order valence-corrected chi connectivity index (χ4v) is 6.03. The minimum atomic E-state index is -0.741. The van der Waals surface area contributed by atoms with Crippen molar-refractivity contribution in [3.63, 3.8) is 0 Å². The Morgan fingerprint density at radius 1 is 0.923 bits per heavy atom. The average Bonchev–Trinajstić information content (AvgIpc) is 3.63. The van der Waals surface area contributed by atoms with Gasteiger partial charge in [-0.2, -0.15) is 0 Å². The first-order chi connectivity index (χ1) is 19.1. The van der Waals surface area contributed by atoms with E-state index in [4.69, 9.17) is 0 Å². The molecule has 39 heavy (non-hydrogen) atoms. The van der Waals surface area contributed by atoms with Crippen LogP contribution in [0.4, 0.5) is 10.5 Å². The minimum absolute atomic E-state index is 0.188. The Kier molecular flexibility index (Phi) is 7.07. The van der Waals surface area contributed by atoms with Crippen LogP contribution in [0.5, 0.6) is 0 Å². The summed E-state index contributed by atoms with van der Waals surface area (Å²) in [6.45, 7) is 4.98. The highest BCUT2D eigenvalue weighted by atomic mass is 16.2. The van der Waals surface area contributed by atoms with Crippen molar-refractivity contribution in [3.8, 4) is 0 Å². The van der Waals surface area contributed by atoms with Crippen LogP contribution >= 0.6 is 0 Å². The molecular formula is C32H35N5O2. The predicted octanol–water partition coefficient (Wildman–Crippen LogP) is 5.47. The molecule has 200 valence electrons. The van der Waals surface area contributed by atoms with Crippen molar-refractivity contribution in [1.82, 2.24) is 20.5 Å². The Morgan fingerprint density at radius 2 is 1.67 bits per heavy atom. The maximum Gasteiger partial charge on any atom is 0.318 e. The summed E-state index contributed by atoms with van der Waals surface area (Å²) >= 11 is 0. The van der Waals surface area contributed by atoms with Crippen LogP contribution < -0.4 is 16.0 Å². The third-order valence-corrected chi connectivity index (χ3v) is 8.33. The number of carbonyl (C=O) groups excluding carboxylic acids is 2. The fourth-order valence-electron chi connectivity index (χ4n) is 6.03. The quantitative estimate of drug-likeness (QED) is 0.271. The molecule has 4 aromatic rings. The van der Waals surface area contributed by atoms with Gasteiger partial charge in [-0.15, -0.1) is 0 Å². The predicted molar refractivity (Wildman–Crippen MR) is 155 cm³/mol. The summed E-state index contributed by atoms with van der Waals surface area (Å²) in [6, 6.07) is 23.6. The summed E-state index contributed by atoms with van der Waals surface area (Å²) < 4.78 is 0. The number of hydrogen-bond acceptors (Lipinski definition) is 3. The van der Waals surface area contributed by atoms with E-state index in [1.54, 1.807) is 0 Å². The van der Waals surface area contributed by atoms with Crippen molar-refractivity contribution in [2.24, 2.45) is 0 Å². The van der Waals surface area contributed by atoms with Gasteiger partial charge < -0.3 is 25.8 Å². The Bertz CT molecular complexity index is 1470. The summed E-state index contributed by atoms with van der Waals surface area (Å²) in [4.78, 5) is 32.5. The molecule has 3 amide bonds. The molecule has 3 heterocycles. The summed E-state index contributed by atoms with van der Waals surface area (Å²) in [5, 5.41) is 10.6. The molecular weight excluding hydrogens is 486 g/mol. The van der Waals surface area contributed by atoms with Gasteiger partial charge in [0.2, 0.25) is 5.91 Å². The lowest BCUT2D eigenvalue weighted by Crippen LogP contribution is -2.53. The van der Waals surface area contributed by atoms with Crippen molar-refractivity contribution in [3.05, 3.63) is 101 Å². The van der Waals surface area contributed by atoms with E-state index in [2.05, 4.69) is 57.3 Å². The molecule has 0 unspecified atom stereocenters. The van der Waals surface area contributed by atoms with Crippen LogP contribution in [0.1, 0.15) is 53.9 Å². The molecule has 2 aliphatic rings. The molecule has 0 bridgehead atoms. The average molecular weight is 522 g/mol. The number of nitrogens with one attached hydrogen (secondary N) is 4. The van der Waals surface area contributed by atoms with Crippen LogP contribution in [0, 0.1) is 0 Å². The number of H-pyrrole nitrogens is 1. The number of amides is 3. The lowest BCUT2D eigenvalue weighted by Gasteiger charge is -2.34. The molecule has 4 N–H and O–H groups in total. The number of nitrogens with zero attached hydrogens (tertiary/aromatic N) is 1. The maximum absolute atomic E-state index is 13.8. The topological polar surface area (TPSA) is 89.3 Å². The second-order valence-corrected chi connectivity index (χ2v) is 10.8. The van der Waals surface area contributed by atoms with Gasteiger partial charge >= 0.3 is 6.03 Å². The van der Waals surface area contributed by atoms with Gasteiger partial charge in [0, 0.05) is 54.9 Å². The smallest absolute Gasteiger partial charge is 0.318 e. The number of aromatic nitrogens is 1. The third kappa shape index (κ3) is 5.27. The number of likely N-dealkylation sites (tertiary alicyclic amines) is 1. The molecule has 3 aromatic carbocycles. The molecule has 7 nitrogen and oxygen atoms in total. The number of piperidine rings is 1. The highest BCUT2D eigenvalue weighted by Crippen LogP contribution is 2.30. The Labute approximate surface area is 229 Å². The normalized spacial score (nSPS) is 17.0. The van der Waals surface area contributed by atoms with Crippen molar-refractivity contribution in [2.75, 3.05) is 18.4 Å². The van der Waals surface area contributed by atoms with Gasteiger partial charge in [-0.25, -0.2) is 4.79 Å². The summed E-state index contributed by atoms with van der Waals surface area (Å²) in [6.07, 6.45) is 3.78. The van der Waals surface area contributed by atoms with Crippen LogP contribution in [0.15, 0.2) is 79.0 Å². The summed E-state index contributed by atoms with van der Waals surface area (Å²) in [7, 11) is 0. The molecule has 6 rings (SSSR count).